The summed E-state index contributed by atoms with van der Waals surface area (Å²) in [5.74, 6) is -0.828. The van der Waals surface area contributed by atoms with Crippen LogP contribution >= 0.6 is 12.4 Å². The molecule has 1 heterocycles. The maximum Gasteiger partial charge on any atom is 0.306 e. The highest BCUT2D eigenvalue weighted by Crippen LogP contribution is 2.09. The Hall–Kier alpha value is -1.62. The summed E-state index contributed by atoms with van der Waals surface area (Å²) >= 11 is 0. The van der Waals surface area contributed by atoms with Gasteiger partial charge in [0.2, 0.25) is 0 Å². The van der Waals surface area contributed by atoms with Crippen molar-refractivity contribution in [3.63, 3.8) is 0 Å². The number of aromatic nitrogens is 1. The fraction of sp³-hybridized carbons (Fsp3) is 0.533. The van der Waals surface area contributed by atoms with Crippen molar-refractivity contribution in [1.29, 1.82) is 0 Å². The number of pyridine rings is 1. The van der Waals surface area contributed by atoms with E-state index in [1.165, 1.54) is 12.8 Å². The van der Waals surface area contributed by atoms with Crippen LogP contribution < -0.4 is 5.73 Å². The average molecular weight is 315 g/mol. The van der Waals surface area contributed by atoms with Gasteiger partial charge in [-0.1, -0.05) is 32.6 Å². The number of nitrogens with zero attached hydrogens (tertiary/aromatic N) is 1. The summed E-state index contributed by atoms with van der Waals surface area (Å²) < 4.78 is 5.12. The quantitative estimate of drug-likeness (QED) is 0.561. The molecule has 0 aromatic carbocycles. The number of amides is 1. The van der Waals surface area contributed by atoms with Crippen molar-refractivity contribution in [1.82, 2.24) is 4.98 Å². The predicted molar refractivity (Wildman–Crippen MR) is 83.2 cm³/mol. The molecule has 0 saturated heterocycles. The highest BCUT2D eigenvalue weighted by Gasteiger charge is 2.11. The molecular weight excluding hydrogens is 292 g/mol. The molecule has 0 aliphatic heterocycles. The van der Waals surface area contributed by atoms with E-state index in [4.69, 9.17) is 10.5 Å². The van der Waals surface area contributed by atoms with Gasteiger partial charge in [-0.3, -0.25) is 14.6 Å². The van der Waals surface area contributed by atoms with Gasteiger partial charge in [-0.25, -0.2) is 0 Å². The molecule has 0 saturated carbocycles. The molecule has 0 spiro atoms. The number of rotatable bonds is 9. The van der Waals surface area contributed by atoms with E-state index in [2.05, 4.69) is 11.9 Å². The van der Waals surface area contributed by atoms with Crippen molar-refractivity contribution >= 4 is 24.3 Å². The number of carbonyl (C=O) groups excluding carboxylic acids is 2. The molecule has 21 heavy (non-hydrogen) atoms. The smallest absolute Gasteiger partial charge is 0.306 e. The molecule has 0 atom stereocenters. The lowest BCUT2D eigenvalue weighted by atomic mass is 10.1. The molecule has 0 bridgehead atoms. The number of hydrogen-bond acceptors (Lipinski definition) is 4. The summed E-state index contributed by atoms with van der Waals surface area (Å²) in [4.78, 5) is 26.8. The second-order valence-corrected chi connectivity index (χ2v) is 4.69. The number of carbonyl (C=O) groups is 2. The summed E-state index contributed by atoms with van der Waals surface area (Å²) in [6.07, 6.45) is 7.35. The molecule has 0 aliphatic rings. The van der Waals surface area contributed by atoms with Gasteiger partial charge in [-0.2, -0.15) is 0 Å². The van der Waals surface area contributed by atoms with E-state index in [0.29, 0.717) is 17.7 Å². The molecule has 1 aromatic heterocycles. The molecule has 5 nitrogen and oxygen atoms in total. The Kier molecular flexibility index (Phi) is 10.2. The number of ether oxygens (including phenoxy) is 1. The summed E-state index contributed by atoms with van der Waals surface area (Å²) in [5.41, 5.74) is 5.93. The van der Waals surface area contributed by atoms with Gasteiger partial charge in [0.25, 0.3) is 5.91 Å². The van der Waals surface area contributed by atoms with Gasteiger partial charge in [-0.05, 0) is 18.6 Å². The number of hydrogen-bond donors (Lipinski definition) is 1. The Morgan fingerprint density at radius 3 is 2.62 bits per heavy atom. The van der Waals surface area contributed by atoms with Gasteiger partial charge in [0.1, 0.15) is 6.61 Å². The van der Waals surface area contributed by atoms with Crippen molar-refractivity contribution < 1.29 is 14.3 Å². The van der Waals surface area contributed by atoms with E-state index >= 15 is 0 Å². The SMILES string of the molecule is CCCCCCCC(=O)OCc1ncccc1C(N)=O.Cl. The maximum absolute atomic E-state index is 11.6. The standard InChI is InChI=1S/C15H22N2O3.ClH/c1-2-3-4-5-6-9-14(18)20-11-13-12(15(16)19)8-7-10-17-13;/h7-8,10H,2-6,9,11H2,1H3,(H2,16,19);1H. The van der Waals surface area contributed by atoms with Gasteiger partial charge in [0, 0.05) is 12.6 Å². The number of primary amides is 1. The largest absolute Gasteiger partial charge is 0.459 e. The first-order chi connectivity index (χ1) is 9.65. The zero-order valence-electron chi connectivity index (χ0n) is 12.3. The minimum atomic E-state index is -0.566. The predicted octanol–water partition coefficient (Wildman–Crippen LogP) is 3.01. The minimum Gasteiger partial charge on any atom is -0.459 e. The lowest BCUT2D eigenvalue weighted by Gasteiger charge is -2.07. The highest BCUT2D eigenvalue weighted by molar-refractivity contribution is 5.93. The molecular formula is C15H23ClN2O3. The van der Waals surface area contributed by atoms with E-state index < -0.39 is 5.91 Å². The van der Waals surface area contributed by atoms with E-state index in [1.807, 2.05) is 0 Å². The van der Waals surface area contributed by atoms with E-state index in [9.17, 15) is 9.59 Å². The molecule has 0 radical (unpaired) electrons. The summed E-state index contributed by atoms with van der Waals surface area (Å²) in [6.45, 7) is 2.14. The number of unbranched alkanes of at least 4 members (excludes halogenated alkanes) is 4. The molecule has 1 rings (SSSR count). The van der Waals surface area contributed by atoms with E-state index in [-0.39, 0.29) is 25.0 Å². The molecule has 1 aromatic rings. The van der Waals surface area contributed by atoms with Gasteiger partial charge >= 0.3 is 5.97 Å². The van der Waals surface area contributed by atoms with Crippen LogP contribution in [0.4, 0.5) is 0 Å². The van der Waals surface area contributed by atoms with Crippen molar-refractivity contribution in [2.45, 2.75) is 52.1 Å². The van der Waals surface area contributed by atoms with E-state index in [1.54, 1.807) is 18.3 Å². The van der Waals surface area contributed by atoms with Crippen LogP contribution in [0, 0.1) is 0 Å². The lowest BCUT2D eigenvalue weighted by molar-refractivity contribution is -0.145. The van der Waals surface area contributed by atoms with Gasteiger partial charge in [0.15, 0.2) is 0 Å². The molecule has 0 aliphatic carbocycles. The van der Waals surface area contributed by atoms with Gasteiger partial charge in [0.05, 0.1) is 11.3 Å². The first-order valence-electron chi connectivity index (χ1n) is 7.04. The van der Waals surface area contributed by atoms with Crippen molar-refractivity contribution in [3.8, 4) is 0 Å². The minimum absolute atomic E-state index is 0. The van der Waals surface area contributed by atoms with Crippen LogP contribution in [0.1, 0.15) is 61.5 Å². The Bertz CT molecular complexity index is 452. The molecule has 118 valence electrons. The lowest BCUT2D eigenvalue weighted by Crippen LogP contribution is -2.16. The van der Waals surface area contributed by atoms with Crippen LogP contribution in [0.2, 0.25) is 0 Å². The molecule has 0 fully saturated rings. The fourth-order valence-electron chi connectivity index (χ4n) is 1.87. The van der Waals surface area contributed by atoms with Crippen LogP contribution in [0.25, 0.3) is 0 Å². The van der Waals surface area contributed by atoms with E-state index in [0.717, 1.165) is 19.3 Å². The van der Waals surface area contributed by atoms with Crippen molar-refractivity contribution in [3.05, 3.63) is 29.6 Å². The Labute approximate surface area is 131 Å². The van der Waals surface area contributed by atoms with Crippen molar-refractivity contribution in [2.75, 3.05) is 0 Å². The third-order valence-electron chi connectivity index (χ3n) is 3.01. The van der Waals surface area contributed by atoms with Gasteiger partial charge in [-0.15, -0.1) is 12.4 Å². The molecule has 1 amide bonds. The first kappa shape index (κ1) is 19.4. The average Bonchev–Trinajstić information content (AvgIpc) is 2.45. The highest BCUT2D eigenvalue weighted by atomic mass is 35.5. The summed E-state index contributed by atoms with van der Waals surface area (Å²) in [5, 5.41) is 0. The molecule has 0 unspecified atom stereocenters. The normalized spacial score (nSPS) is 9.76. The second kappa shape index (κ2) is 11.1. The number of halogens is 1. The number of esters is 1. The third-order valence-corrected chi connectivity index (χ3v) is 3.01. The fourth-order valence-corrected chi connectivity index (χ4v) is 1.87. The zero-order valence-corrected chi connectivity index (χ0v) is 13.2. The van der Waals surface area contributed by atoms with Crippen LogP contribution in [-0.4, -0.2) is 16.9 Å². The van der Waals surface area contributed by atoms with Crippen LogP contribution in [0.15, 0.2) is 18.3 Å². The topological polar surface area (TPSA) is 82.3 Å². The van der Waals surface area contributed by atoms with Gasteiger partial charge < -0.3 is 10.5 Å². The van der Waals surface area contributed by atoms with Crippen LogP contribution in [0.5, 0.6) is 0 Å². The Balaban J connectivity index is 0.00000400. The monoisotopic (exact) mass is 314 g/mol. The zero-order chi connectivity index (χ0) is 14.8. The number of nitrogens with two attached hydrogens (primary N) is 1. The summed E-state index contributed by atoms with van der Waals surface area (Å²) in [6, 6.07) is 3.20. The first-order valence-corrected chi connectivity index (χ1v) is 7.04. The maximum atomic E-state index is 11.6. The Morgan fingerprint density at radius 2 is 1.95 bits per heavy atom. The molecule has 2 N–H and O–H groups in total. The molecule has 6 heteroatoms. The third kappa shape index (κ3) is 7.66. The van der Waals surface area contributed by atoms with Crippen LogP contribution in [-0.2, 0) is 16.1 Å². The van der Waals surface area contributed by atoms with Crippen molar-refractivity contribution in [2.24, 2.45) is 5.73 Å². The summed E-state index contributed by atoms with van der Waals surface area (Å²) in [7, 11) is 0. The Morgan fingerprint density at radius 1 is 1.24 bits per heavy atom. The second-order valence-electron chi connectivity index (χ2n) is 4.69. The van der Waals surface area contributed by atoms with Crippen LogP contribution in [0.3, 0.4) is 0 Å².